The summed E-state index contributed by atoms with van der Waals surface area (Å²) in [5.74, 6) is 2.18. The summed E-state index contributed by atoms with van der Waals surface area (Å²) in [7, 11) is 0. The van der Waals surface area contributed by atoms with Crippen LogP contribution in [0.2, 0.25) is 0 Å². The summed E-state index contributed by atoms with van der Waals surface area (Å²) >= 11 is 0. The summed E-state index contributed by atoms with van der Waals surface area (Å²) in [5.41, 5.74) is 1.25. The number of hydrogen-bond acceptors (Lipinski definition) is 4. The van der Waals surface area contributed by atoms with Crippen LogP contribution in [0, 0.1) is 35.3 Å². The number of benzene rings is 2. The van der Waals surface area contributed by atoms with Gasteiger partial charge in [-0.2, -0.15) is 0 Å². The number of carbonyl (C=O) groups is 2. The molecule has 0 aromatic heterocycles. The first-order chi connectivity index (χ1) is 18.3. The molecule has 2 atom stereocenters. The maximum atomic E-state index is 14.8. The molecule has 2 fully saturated rings. The van der Waals surface area contributed by atoms with Crippen LogP contribution >= 0.6 is 0 Å². The molecule has 2 aromatic rings. The number of carboxylic acids is 2. The van der Waals surface area contributed by atoms with Crippen molar-refractivity contribution in [3.8, 4) is 11.8 Å². The molecule has 2 aliphatic rings. The van der Waals surface area contributed by atoms with Gasteiger partial charge in [-0.25, -0.2) is 18.4 Å². The van der Waals surface area contributed by atoms with E-state index in [-0.39, 0.29) is 5.56 Å². The fourth-order valence-corrected chi connectivity index (χ4v) is 5.29. The van der Waals surface area contributed by atoms with Crippen molar-refractivity contribution in [2.24, 2.45) is 11.8 Å². The molecule has 0 bridgehead atoms. The Morgan fingerprint density at radius 3 is 1.97 bits per heavy atom. The topological polar surface area (TPSA) is 93.1 Å². The van der Waals surface area contributed by atoms with Gasteiger partial charge in [0, 0.05) is 11.1 Å². The molecule has 1 aliphatic heterocycles. The number of hydrogen-bond donors (Lipinski definition) is 2. The van der Waals surface area contributed by atoms with Crippen molar-refractivity contribution in [3.63, 3.8) is 0 Å². The largest absolute Gasteiger partial charge is 0.479 e. The van der Waals surface area contributed by atoms with Crippen molar-refractivity contribution in [3.05, 3.63) is 70.3 Å². The van der Waals surface area contributed by atoms with Crippen LogP contribution in [0.15, 0.2) is 36.4 Å². The van der Waals surface area contributed by atoms with E-state index in [2.05, 4.69) is 18.8 Å². The molecular weight excluding hydrogens is 494 g/mol. The molecule has 202 valence electrons. The number of ether oxygens (including phenoxy) is 2. The number of aliphatic carboxylic acids is 2. The smallest absolute Gasteiger partial charge is 0.336 e. The van der Waals surface area contributed by atoms with Crippen LogP contribution in [0.4, 0.5) is 8.78 Å². The molecule has 8 heteroatoms. The predicted octanol–water partition coefficient (Wildman–Crippen LogP) is 5.86. The lowest BCUT2D eigenvalue weighted by Gasteiger charge is -2.28. The van der Waals surface area contributed by atoms with E-state index in [9.17, 15) is 18.4 Å². The molecule has 0 amide bonds. The zero-order valence-corrected chi connectivity index (χ0v) is 21.3. The van der Waals surface area contributed by atoms with Crippen LogP contribution in [0.3, 0.4) is 0 Å². The zero-order valence-electron chi connectivity index (χ0n) is 21.3. The lowest BCUT2D eigenvalue weighted by Crippen LogP contribution is -2.36. The standard InChI is InChI=1S/C30H32F2O6/c1-2-3-18-4-6-19(7-5-18)8-12-21-16-17-22(25(32)24(21)31)13-9-20-10-14-23(15-11-20)30-37-26(28(33)34)27(38-30)29(35)36/h10-11,14-19,26-27,30H,2-8,12H2,1H3,(H,33,34)(H,35,36)/t18-,19-,26-,27-/m1/s1. The Morgan fingerprint density at radius 1 is 0.842 bits per heavy atom. The zero-order chi connectivity index (χ0) is 27.2. The van der Waals surface area contributed by atoms with E-state index in [0.717, 1.165) is 25.2 Å². The molecule has 1 aliphatic carbocycles. The minimum absolute atomic E-state index is 0.0357. The first kappa shape index (κ1) is 27.7. The van der Waals surface area contributed by atoms with Gasteiger partial charge in [-0.1, -0.05) is 75.5 Å². The third kappa shape index (κ3) is 6.58. The fraction of sp³-hybridized carbons (Fsp3) is 0.467. The molecule has 0 unspecified atom stereocenters. The van der Waals surface area contributed by atoms with Crippen LogP contribution in [0.5, 0.6) is 0 Å². The second-order valence-electron chi connectivity index (χ2n) is 10.1. The number of carboxylic acid groups (broad SMARTS) is 2. The average Bonchev–Trinajstić information content (AvgIpc) is 3.37. The Morgan fingerprint density at radius 2 is 1.42 bits per heavy atom. The Hall–Kier alpha value is -3.28. The van der Waals surface area contributed by atoms with Gasteiger partial charge in [0.05, 0.1) is 5.56 Å². The number of rotatable bonds is 8. The van der Waals surface area contributed by atoms with E-state index in [1.165, 1.54) is 31.7 Å². The van der Waals surface area contributed by atoms with E-state index >= 15 is 0 Å². The second-order valence-corrected chi connectivity index (χ2v) is 10.1. The van der Waals surface area contributed by atoms with Crippen LogP contribution < -0.4 is 0 Å². The molecule has 38 heavy (non-hydrogen) atoms. The molecule has 6 nitrogen and oxygen atoms in total. The SMILES string of the molecule is CCC[C@H]1CC[C@H](CCc2ccc(C#Cc3ccc(C4O[C@@H](C(=O)O)[C@H](C(=O)O)O4)cc3)c(F)c2F)CC1. The molecule has 4 rings (SSSR count). The Bertz CT molecular complexity index is 1190. The highest BCUT2D eigenvalue weighted by atomic mass is 19.2. The average molecular weight is 527 g/mol. The van der Waals surface area contributed by atoms with Gasteiger partial charge in [-0.05, 0) is 48.4 Å². The molecule has 0 spiro atoms. The van der Waals surface area contributed by atoms with E-state index in [1.54, 1.807) is 30.3 Å². The van der Waals surface area contributed by atoms with Crippen molar-refractivity contribution in [2.75, 3.05) is 0 Å². The maximum absolute atomic E-state index is 14.8. The highest BCUT2D eigenvalue weighted by Crippen LogP contribution is 2.34. The van der Waals surface area contributed by atoms with Crippen LogP contribution in [-0.2, 0) is 25.5 Å². The van der Waals surface area contributed by atoms with Gasteiger partial charge in [0.15, 0.2) is 30.1 Å². The monoisotopic (exact) mass is 526 g/mol. The molecular formula is C30H32F2O6. The van der Waals surface area contributed by atoms with Crippen LogP contribution in [-0.4, -0.2) is 34.4 Å². The predicted molar refractivity (Wildman–Crippen MR) is 135 cm³/mol. The van der Waals surface area contributed by atoms with E-state index in [4.69, 9.17) is 19.7 Å². The molecule has 2 aromatic carbocycles. The third-order valence-corrected chi connectivity index (χ3v) is 7.47. The van der Waals surface area contributed by atoms with E-state index in [1.807, 2.05) is 0 Å². The molecule has 1 heterocycles. The summed E-state index contributed by atoms with van der Waals surface area (Å²) in [6.07, 6.45) is 4.25. The maximum Gasteiger partial charge on any atom is 0.336 e. The highest BCUT2D eigenvalue weighted by molar-refractivity contribution is 5.84. The van der Waals surface area contributed by atoms with Crippen LogP contribution in [0.25, 0.3) is 0 Å². The van der Waals surface area contributed by atoms with Crippen molar-refractivity contribution in [1.29, 1.82) is 0 Å². The van der Waals surface area contributed by atoms with Crippen molar-refractivity contribution in [1.82, 2.24) is 0 Å². The summed E-state index contributed by atoms with van der Waals surface area (Å²) in [4.78, 5) is 22.5. The summed E-state index contributed by atoms with van der Waals surface area (Å²) in [5, 5.41) is 18.3. The highest BCUT2D eigenvalue weighted by Gasteiger charge is 2.46. The van der Waals surface area contributed by atoms with Gasteiger partial charge in [0.25, 0.3) is 0 Å². The first-order valence-electron chi connectivity index (χ1n) is 13.1. The summed E-state index contributed by atoms with van der Waals surface area (Å²) in [6.45, 7) is 2.22. The number of aryl methyl sites for hydroxylation is 1. The molecule has 1 saturated heterocycles. The van der Waals surface area contributed by atoms with Crippen molar-refractivity contribution in [2.45, 2.75) is 76.8 Å². The first-order valence-corrected chi connectivity index (χ1v) is 13.1. The second kappa shape index (κ2) is 12.5. The quantitative estimate of drug-likeness (QED) is 0.419. The van der Waals surface area contributed by atoms with Gasteiger partial charge >= 0.3 is 11.9 Å². The fourth-order valence-electron chi connectivity index (χ4n) is 5.29. The van der Waals surface area contributed by atoms with Crippen molar-refractivity contribution < 1.29 is 38.1 Å². The molecule has 2 N–H and O–H groups in total. The normalized spacial score (nSPS) is 23.6. The van der Waals surface area contributed by atoms with Crippen molar-refractivity contribution >= 4 is 11.9 Å². The third-order valence-electron chi connectivity index (χ3n) is 7.47. The Kier molecular flexibility index (Phi) is 9.13. The number of halogens is 2. The lowest BCUT2D eigenvalue weighted by atomic mass is 9.78. The van der Waals surface area contributed by atoms with E-state index < -0.39 is 42.1 Å². The van der Waals surface area contributed by atoms with E-state index in [0.29, 0.717) is 29.0 Å². The van der Waals surface area contributed by atoms with Gasteiger partial charge in [-0.15, -0.1) is 0 Å². The Labute approximate surface area is 221 Å². The minimum Gasteiger partial charge on any atom is -0.479 e. The minimum atomic E-state index is -1.63. The molecule has 0 radical (unpaired) electrons. The summed E-state index contributed by atoms with van der Waals surface area (Å²) < 4.78 is 40.0. The van der Waals surface area contributed by atoms with Crippen LogP contribution in [0.1, 0.15) is 80.4 Å². The lowest BCUT2D eigenvalue weighted by molar-refractivity contribution is -0.156. The van der Waals surface area contributed by atoms with Gasteiger partial charge in [0.2, 0.25) is 0 Å². The Balaban J connectivity index is 1.36. The van der Waals surface area contributed by atoms with Gasteiger partial charge < -0.3 is 19.7 Å². The summed E-state index contributed by atoms with van der Waals surface area (Å²) in [6, 6.07) is 9.38. The van der Waals surface area contributed by atoms with Gasteiger partial charge in [-0.3, -0.25) is 0 Å². The molecule has 1 saturated carbocycles. The van der Waals surface area contributed by atoms with Gasteiger partial charge in [0.1, 0.15) is 0 Å².